The molecule has 0 saturated carbocycles. The average molecular weight is 325 g/mol. The smallest absolute Gasteiger partial charge is 0.493 e. The molecule has 0 bridgehead atoms. The van der Waals surface area contributed by atoms with E-state index in [1.165, 1.54) is 12.1 Å². The lowest BCUT2D eigenvalue weighted by Gasteiger charge is -2.10. The molecule has 0 fully saturated rings. The Labute approximate surface area is 130 Å². The molecule has 0 atom stereocenters. The third-order valence-corrected chi connectivity index (χ3v) is 2.71. The number of alkyl halides is 3. The first-order valence-electron chi connectivity index (χ1n) is 6.76. The number of hydrogen-bond acceptors (Lipinski definition) is 3. The number of benzene rings is 2. The third-order valence-electron chi connectivity index (χ3n) is 2.71. The van der Waals surface area contributed by atoms with Crippen molar-refractivity contribution in [1.29, 1.82) is 0 Å². The van der Waals surface area contributed by atoms with Crippen LogP contribution in [0.4, 0.5) is 18.9 Å². The molecule has 7 heteroatoms. The number of para-hydroxylation sites is 1. The fourth-order valence-electron chi connectivity index (χ4n) is 1.74. The normalized spacial score (nSPS) is 10.9. The van der Waals surface area contributed by atoms with Gasteiger partial charge in [-0.2, -0.15) is 0 Å². The minimum absolute atomic E-state index is 0.121. The third kappa shape index (κ3) is 6.29. The summed E-state index contributed by atoms with van der Waals surface area (Å²) in [4.78, 5) is 11.7. The largest absolute Gasteiger partial charge is 0.573 e. The van der Waals surface area contributed by atoms with E-state index in [1.54, 1.807) is 12.1 Å². The van der Waals surface area contributed by atoms with Gasteiger partial charge in [0, 0.05) is 5.69 Å². The zero-order chi connectivity index (χ0) is 16.7. The molecule has 0 unspecified atom stereocenters. The summed E-state index contributed by atoms with van der Waals surface area (Å²) in [6.07, 6.45) is -4.62. The topological polar surface area (TPSA) is 47.6 Å². The second kappa shape index (κ2) is 7.53. The summed E-state index contributed by atoms with van der Waals surface area (Å²) < 4.78 is 45.2. The lowest BCUT2D eigenvalue weighted by Crippen LogP contribution is -2.17. The Hall–Kier alpha value is -2.70. The Morgan fingerprint density at radius 3 is 2.22 bits per heavy atom. The zero-order valence-corrected chi connectivity index (χ0v) is 12.0. The predicted octanol–water partition coefficient (Wildman–Crippen LogP) is 3.99. The van der Waals surface area contributed by atoms with E-state index in [4.69, 9.17) is 4.74 Å². The molecular formula is C16H14F3NO3. The minimum atomic E-state index is -4.74. The predicted molar refractivity (Wildman–Crippen MR) is 78.3 cm³/mol. The number of ether oxygens (including phenoxy) is 2. The summed E-state index contributed by atoms with van der Waals surface area (Å²) in [5, 5.41) is 2.56. The van der Waals surface area contributed by atoms with Crippen LogP contribution in [0, 0.1) is 0 Å². The molecule has 0 radical (unpaired) electrons. The number of anilines is 1. The molecule has 0 aliphatic carbocycles. The number of hydrogen-bond donors (Lipinski definition) is 1. The van der Waals surface area contributed by atoms with Crippen LogP contribution in [-0.2, 0) is 4.79 Å². The van der Waals surface area contributed by atoms with E-state index >= 15 is 0 Å². The molecule has 4 nitrogen and oxygen atoms in total. The quantitative estimate of drug-likeness (QED) is 0.873. The fourth-order valence-corrected chi connectivity index (χ4v) is 1.74. The van der Waals surface area contributed by atoms with Gasteiger partial charge in [-0.1, -0.05) is 18.2 Å². The molecule has 0 saturated heterocycles. The number of halogens is 3. The van der Waals surface area contributed by atoms with Crippen LogP contribution in [0.5, 0.6) is 11.5 Å². The van der Waals surface area contributed by atoms with E-state index in [0.717, 1.165) is 12.1 Å². The first-order valence-corrected chi connectivity index (χ1v) is 6.76. The Bertz CT molecular complexity index is 627. The van der Waals surface area contributed by atoms with Crippen molar-refractivity contribution in [2.24, 2.45) is 0 Å². The fraction of sp³-hybridized carbons (Fsp3) is 0.188. The standard InChI is InChI=1S/C16H14F3NO3/c17-16(18,19)23-14-8-6-12(7-9-14)20-15(21)10-11-22-13-4-2-1-3-5-13/h1-9H,10-11H2,(H,20,21). The number of amides is 1. The Morgan fingerprint density at radius 2 is 1.61 bits per heavy atom. The van der Waals surface area contributed by atoms with Crippen LogP contribution in [-0.4, -0.2) is 18.9 Å². The highest BCUT2D eigenvalue weighted by Gasteiger charge is 2.30. The van der Waals surface area contributed by atoms with E-state index in [1.807, 2.05) is 18.2 Å². The molecule has 2 rings (SSSR count). The SMILES string of the molecule is O=C(CCOc1ccccc1)Nc1ccc(OC(F)(F)F)cc1. The van der Waals surface area contributed by atoms with Gasteiger partial charge in [0.2, 0.25) is 5.91 Å². The highest BCUT2D eigenvalue weighted by atomic mass is 19.4. The van der Waals surface area contributed by atoms with Crippen molar-refractivity contribution in [2.75, 3.05) is 11.9 Å². The molecule has 0 heterocycles. The molecular weight excluding hydrogens is 311 g/mol. The Kier molecular flexibility index (Phi) is 5.46. The van der Waals surface area contributed by atoms with Crippen LogP contribution in [0.1, 0.15) is 6.42 Å². The van der Waals surface area contributed by atoms with E-state index < -0.39 is 6.36 Å². The maximum Gasteiger partial charge on any atom is 0.573 e. The summed E-state index contributed by atoms with van der Waals surface area (Å²) in [5.74, 6) is 0.0160. The second-order valence-corrected chi connectivity index (χ2v) is 4.53. The molecule has 122 valence electrons. The molecule has 0 spiro atoms. The monoisotopic (exact) mass is 325 g/mol. The number of carbonyl (C=O) groups is 1. The maximum absolute atomic E-state index is 12.0. The number of rotatable bonds is 6. The summed E-state index contributed by atoms with van der Waals surface area (Å²) in [7, 11) is 0. The summed E-state index contributed by atoms with van der Waals surface area (Å²) in [6.45, 7) is 0.200. The van der Waals surface area contributed by atoms with Crippen LogP contribution in [0.25, 0.3) is 0 Å². The van der Waals surface area contributed by atoms with Crippen molar-refractivity contribution in [3.8, 4) is 11.5 Å². The molecule has 23 heavy (non-hydrogen) atoms. The lowest BCUT2D eigenvalue weighted by atomic mass is 10.3. The number of nitrogens with one attached hydrogen (secondary N) is 1. The molecule has 0 aliphatic heterocycles. The summed E-state index contributed by atoms with van der Waals surface area (Å²) in [5.41, 5.74) is 0.379. The maximum atomic E-state index is 12.0. The van der Waals surface area contributed by atoms with Crippen LogP contribution < -0.4 is 14.8 Å². The van der Waals surface area contributed by atoms with Gasteiger partial charge in [-0.3, -0.25) is 4.79 Å². The van der Waals surface area contributed by atoms with Gasteiger partial charge in [-0.15, -0.1) is 13.2 Å². The minimum Gasteiger partial charge on any atom is -0.493 e. The van der Waals surface area contributed by atoms with E-state index in [-0.39, 0.29) is 24.7 Å². The van der Waals surface area contributed by atoms with Crippen LogP contribution >= 0.6 is 0 Å². The highest BCUT2D eigenvalue weighted by Crippen LogP contribution is 2.23. The summed E-state index contributed by atoms with van der Waals surface area (Å²) in [6, 6.07) is 14.0. The van der Waals surface area contributed by atoms with Gasteiger partial charge in [0.1, 0.15) is 11.5 Å². The first-order chi connectivity index (χ1) is 10.9. The molecule has 0 aliphatic rings. The van der Waals surface area contributed by atoms with Gasteiger partial charge in [0.05, 0.1) is 13.0 Å². The Morgan fingerprint density at radius 1 is 0.957 bits per heavy atom. The van der Waals surface area contributed by atoms with Crippen LogP contribution in [0.3, 0.4) is 0 Å². The summed E-state index contributed by atoms with van der Waals surface area (Å²) >= 11 is 0. The van der Waals surface area contributed by atoms with Crippen molar-refractivity contribution < 1.29 is 27.4 Å². The van der Waals surface area contributed by atoms with Gasteiger partial charge in [0.25, 0.3) is 0 Å². The number of carbonyl (C=O) groups excluding carboxylic acids is 1. The van der Waals surface area contributed by atoms with E-state index in [0.29, 0.717) is 11.4 Å². The molecule has 1 amide bonds. The van der Waals surface area contributed by atoms with Gasteiger partial charge < -0.3 is 14.8 Å². The van der Waals surface area contributed by atoms with Crippen molar-refractivity contribution in [1.82, 2.24) is 0 Å². The van der Waals surface area contributed by atoms with Crippen LogP contribution in [0.15, 0.2) is 54.6 Å². The molecule has 0 aromatic heterocycles. The zero-order valence-electron chi connectivity index (χ0n) is 12.0. The van der Waals surface area contributed by atoms with Gasteiger partial charge >= 0.3 is 6.36 Å². The lowest BCUT2D eigenvalue weighted by molar-refractivity contribution is -0.274. The Balaban J connectivity index is 1.76. The van der Waals surface area contributed by atoms with Gasteiger partial charge in [-0.05, 0) is 36.4 Å². The van der Waals surface area contributed by atoms with Gasteiger partial charge in [-0.25, -0.2) is 0 Å². The highest BCUT2D eigenvalue weighted by molar-refractivity contribution is 5.90. The van der Waals surface area contributed by atoms with Gasteiger partial charge in [0.15, 0.2) is 0 Å². The first kappa shape index (κ1) is 16.7. The van der Waals surface area contributed by atoms with Crippen LogP contribution in [0.2, 0.25) is 0 Å². The molecule has 2 aromatic rings. The van der Waals surface area contributed by atoms with Crippen molar-refractivity contribution in [3.63, 3.8) is 0 Å². The van der Waals surface area contributed by atoms with Crippen molar-refractivity contribution in [2.45, 2.75) is 12.8 Å². The van der Waals surface area contributed by atoms with E-state index in [2.05, 4.69) is 10.1 Å². The van der Waals surface area contributed by atoms with Crippen molar-refractivity contribution in [3.05, 3.63) is 54.6 Å². The second-order valence-electron chi connectivity index (χ2n) is 4.53. The molecule has 2 aromatic carbocycles. The average Bonchev–Trinajstić information content (AvgIpc) is 2.49. The van der Waals surface area contributed by atoms with E-state index in [9.17, 15) is 18.0 Å². The molecule has 1 N–H and O–H groups in total. The van der Waals surface area contributed by atoms with Crippen molar-refractivity contribution >= 4 is 11.6 Å².